The Kier molecular flexibility index (Phi) is 5.26. The molecule has 0 saturated heterocycles. The molecule has 1 aliphatic rings. The fourth-order valence-corrected chi connectivity index (χ4v) is 2.95. The lowest BCUT2D eigenvalue weighted by Gasteiger charge is -2.33. The third-order valence-electron chi connectivity index (χ3n) is 3.57. The fraction of sp³-hybridized carbons (Fsp3) is 1.00. The van der Waals surface area contributed by atoms with Crippen LogP contribution in [-0.2, 0) is 0 Å². The average Bonchev–Trinajstić information content (AvgIpc) is 2.16. The average molecular weight is 226 g/mol. The Bertz CT molecular complexity index is 187. The Morgan fingerprint density at radius 1 is 1.12 bits per heavy atom. The van der Waals surface area contributed by atoms with Gasteiger partial charge in [0.25, 0.3) is 0 Å². The third-order valence-corrected chi connectivity index (χ3v) is 3.57. The molecule has 2 nitrogen and oxygen atoms in total. The topological polar surface area (TPSA) is 15.3 Å². The van der Waals surface area contributed by atoms with Crippen molar-refractivity contribution in [2.24, 2.45) is 11.3 Å². The van der Waals surface area contributed by atoms with Gasteiger partial charge in [-0.2, -0.15) is 0 Å². The molecule has 0 bridgehead atoms. The van der Waals surface area contributed by atoms with E-state index in [1.807, 2.05) is 0 Å². The van der Waals surface area contributed by atoms with Gasteiger partial charge >= 0.3 is 0 Å². The van der Waals surface area contributed by atoms with Crippen LogP contribution in [0.1, 0.15) is 46.5 Å². The summed E-state index contributed by atoms with van der Waals surface area (Å²) in [5, 5.41) is 3.40. The van der Waals surface area contributed by atoms with E-state index in [4.69, 9.17) is 0 Å². The molecule has 0 aliphatic heterocycles. The molecule has 1 N–H and O–H groups in total. The van der Waals surface area contributed by atoms with Crippen LogP contribution in [0.4, 0.5) is 0 Å². The molecule has 0 aromatic rings. The van der Waals surface area contributed by atoms with Crippen LogP contribution in [0, 0.1) is 11.3 Å². The van der Waals surface area contributed by atoms with E-state index >= 15 is 0 Å². The van der Waals surface area contributed by atoms with Gasteiger partial charge in [-0.25, -0.2) is 0 Å². The van der Waals surface area contributed by atoms with Gasteiger partial charge in [0.2, 0.25) is 0 Å². The predicted octanol–water partition coefficient (Wildman–Crippen LogP) is 2.74. The highest BCUT2D eigenvalue weighted by molar-refractivity contribution is 4.78. The quantitative estimate of drug-likeness (QED) is 0.793. The molecule has 0 heterocycles. The Balaban J connectivity index is 2.23. The molecule has 0 unspecified atom stereocenters. The third kappa shape index (κ3) is 5.31. The van der Waals surface area contributed by atoms with Gasteiger partial charge in [-0.15, -0.1) is 0 Å². The Morgan fingerprint density at radius 2 is 1.69 bits per heavy atom. The summed E-state index contributed by atoms with van der Waals surface area (Å²) < 4.78 is 0. The van der Waals surface area contributed by atoms with Gasteiger partial charge in [-0.3, -0.25) is 0 Å². The SMILES string of the molecule is CNC1CCC(CN(C)CC(C)(C)C)CC1. The van der Waals surface area contributed by atoms with Crippen molar-refractivity contribution in [1.29, 1.82) is 0 Å². The first-order valence-corrected chi connectivity index (χ1v) is 6.76. The second-order valence-electron chi connectivity index (χ2n) is 6.76. The standard InChI is InChI=1S/C14H30N2/c1-14(2,3)11-16(5)10-12-6-8-13(15-4)9-7-12/h12-13,15H,6-11H2,1-5H3. The molecule has 0 aromatic heterocycles. The van der Waals surface area contributed by atoms with Crippen molar-refractivity contribution in [1.82, 2.24) is 10.2 Å². The first kappa shape index (κ1) is 14.0. The molecule has 2 heteroatoms. The molecule has 0 atom stereocenters. The molecule has 0 aromatic carbocycles. The van der Waals surface area contributed by atoms with Crippen LogP contribution >= 0.6 is 0 Å². The highest BCUT2D eigenvalue weighted by Crippen LogP contribution is 2.25. The van der Waals surface area contributed by atoms with E-state index in [1.54, 1.807) is 0 Å². The lowest BCUT2D eigenvalue weighted by atomic mass is 9.85. The van der Waals surface area contributed by atoms with Crippen molar-refractivity contribution < 1.29 is 0 Å². The van der Waals surface area contributed by atoms with Crippen LogP contribution in [0.5, 0.6) is 0 Å². The molecular formula is C14H30N2. The van der Waals surface area contributed by atoms with Crippen molar-refractivity contribution in [3.8, 4) is 0 Å². The van der Waals surface area contributed by atoms with Crippen LogP contribution < -0.4 is 5.32 Å². The normalized spacial score (nSPS) is 27.4. The minimum Gasteiger partial charge on any atom is -0.317 e. The van der Waals surface area contributed by atoms with Crippen LogP contribution in [0.3, 0.4) is 0 Å². The molecule has 0 radical (unpaired) electrons. The Labute approximate surface area is 102 Å². The van der Waals surface area contributed by atoms with Gasteiger partial charge in [0, 0.05) is 19.1 Å². The maximum Gasteiger partial charge on any atom is 0.00642 e. The minimum atomic E-state index is 0.428. The Hall–Kier alpha value is -0.0800. The summed E-state index contributed by atoms with van der Waals surface area (Å²) in [6.45, 7) is 9.46. The van der Waals surface area contributed by atoms with Crippen LogP contribution in [0.25, 0.3) is 0 Å². The van der Waals surface area contributed by atoms with Crippen molar-refractivity contribution in [2.75, 3.05) is 27.2 Å². The lowest BCUT2D eigenvalue weighted by molar-refractivity contribution is 0.172. The number of hydrogen-bond donors (Lipinski definition) is 1. The lowest BCUT2D eigenvalue weighted by Crippen LogP contribution is -2.37. The summed E-state index contributed by atoms with van der Waals surface area (Å²) in [5.41, 5.74) is 0.428. The smallest absolute Gasteiger partial charge is 0.00642 e. The number of rotatable bonds is 4. The zero-order valence-electron chi connectivity index (χ0n) is 11.8. The minimum absolute atomic E-state index is 0.428. The van der Waals surface area contributed by atoms with Gasteiger partial charge < -0.3 is 10.2 Å². The summed E-state index contributed by atoms with van der Waals surface area (Å²) in [4.78, 5) is 2.52. The number of hydrogen-bond acceptors (Lipinski definition) is 2. The molecule has 1 fully saturated rings. The summed E-state index contributed by atoms with van der Waals surface area (Å²) in [7, 11) is 4.37. The van der Waals surface area contributed by atoms with E-state index in [-0.39, 0.29) is 0 Å². The summed E-state index contributed by atoms with van der Waals surface area (Å²) in [5.74, 6) is 0.928. The van der Waals surface area contributed by atoms with Gasteiger partial charge in [0.1, 0.15) is 0 Å². The first-order chi connectivity index (χ1) is 7.40. The largest absolute Gasteiger partial charge is 0.317 e. The fourth-order valence-electron chi connectivity index (χ4n) is 2.95. The molecule has 16 heavy (non-hydrogen) atoms. The highest BCUT2D eigenvalue weighted by Gasteiger charge is 2.22. The van der Waals surface area contributed by atoms with Gasteiger partial charge in [-0.05, 0) is 51.1 Å². The van der Waals surface area contributed by atoms with Crippen molar-refractivity contribution in [2.45, 2.75) is 52.5 Å². The molecule has 1 rings (SSSR count). The van der Waals surface area contributed by atoms with Crippen LogP contribution in [0.15, 0.2) is 0 Å². The van der Waals surface area contributed by atoms with E-state index in [1.165, 1.54) is 38.8 Å². The highest BCUT2D eigenvalue weighted by atomic mass is 15.1. The number of nitrogens with zero attached hydrogens (tertiary/aromatic N) is 1. The summed E-state index contributed by atoms with van der Waals surface area (Å²) in [6.07, 6.45) is 5.54. The van der Waals surface area contributed by atoms with Gasteiger partial charge in [0.05, 0.1) is 0 Å². The summed E-state index contributed by atoms with van der Waals surface area (Å²) >= 11 is 0. The zero-order valence-corrected chi connectivity index (χ0v) is 11.8. The summed E-state index contributed by atoms with van der Waals surface area (Å²) in [6, 6.07) is 0.782. The van der Waals surface area contributed by atoms with Gasteiger partial charge in [-0.1, -0.05) is 20.8 Å². The predicted molar refractivity (Wildman–Crippen MR) is 71.8 cm³/mol. The van der Waals surface area contributed by atoms with E-state index in [0.717, 1.165) is 12.0 Å². The first-order valence-electron chi connectivity index (χ1n) is 6.76. The van der Waals surface area contributed by atoms with E-state index in [2.05, 4.69) is 45.1 Å². The molecular weight excluding hydrogens is 196 g/mol. The van der Waals surface area contributed by atoms with Crippen molar-refractivity contribution in [3.05, 3.63) is 0 Å². The monoisotopic (exact) mass is 226 g/mol. The van der Waals surface area contributed by atoms with Crippen molar-refractivity contribution >= 4 is 0 Å². The van der Waals surface area contributed by atoms with Crippen LogP contribution in [-0.4, -0.2) is 38.1 Å². The zero-order chi connectivity index (χ0) is 12.2. The van der Waals surface area contributed by atoms with E-state index < -0.39 is 0 Å². The molecule has 0 amide bonds. The molecule has 96 valence electrons. The molecule has 1 aliphatic carbocycles. The second-order valence-corrected chi connectivity index (χ2v) is 6.76. The van der Waals surface area contributed by atoms with E-state index in [9.17, 15) is 0 Å². The second kappa shape index (κ2) is 6.02. The maximum absolute atomic E-state index is 3.40. The van der Waals surface area contributed by atoms with E-state index in [0.29, 0.717) is 5.41 Å². The maximum atomic E-state index is 3.40. The molecule has 1 saturated carbocycles. The van der Waals surface area contributed by atoms with Crippen molar-refractivity contribution in [3.63, 3.8) is 0 Å². The Morgan fingerprint density at radius 3 is 2.12 bits per heavy atom. The van der Waals surface area contributed by atoms with Crippen LogP contribution in [0.2, 0.25) is 0 Å². The molecule has 0 spiro atoms. The number of nitrogens with one attached hydrogen (secondary N) is 1. The van der Waals surface area contributed by atoms with Gasteiger partial charge in [0.15, 0.2) is 0 Å².